The molecular formula is C20H28O6. The van der Waals surface area contributed by atoms with Crippen molar-refractivity contribution in [3.05, 3.63) is 23.8 Å². The number of hydrogen-bond acceptors (Lipinski definition) is 6. The molecule has 144 valence electrons. The topological polar surface area (TPSA) is 85.4 Å². The Hall–Kier alpha value is -1.66. The number of aliphatic hydroxyl groups excluding tert-OH is 1. The molecule has 2 aliphatic heterocycles. The number of ether oxygens (including phenoxy) is 3. The number of aliphatic hydroxyl groups is 1. The van der Waals surface area contributed by atoms with Gasteiger partial charge in [0.15, 0.2) is 0 Å². The van der Waals surface area contributed by atoms with Crippen LogP contribution in [-0.2, 0) is 23.8 Å². The van der Waals surface area contributed by atoms with Gasteiger partial charge in [-0.1, -0.05) is 26.5 Å². The van der Waals surface area contributed by atoms with Crippen LogP contribution in [0.3, 0.4) is 0 Å². The predicted molar refractivity (Wildman–Crippen MR) is 94.1 cm³/mol. The molecule has 3 aliphatic rings. The Morgan fingerprint density at radius 1 is 1.54 bits per heavy atom. The minimum atomic E-state index is -1.12. The van der Waals surface area contributed by atoms with Gasteiger partial charge in [0.05, 0.1) is 17.4 Å². The van der Waals surface area contributed by atoms with Crippen molar-refractivity contribution in [1.29, 1.82) is 0 Å². The summed E-state index contributed by atoms with van der Waals surface area (Å²) in [5.74, 6) is -1.81. The van der Waals surface area contributed by atoms with Gasteiger partial charge in [-0.2, -0.15) is 0 Å². The molecular weight excluding hydrogens is 336 g/mol. The fraction of sp³-hybridized carbons (Fsp3) is 0.700. The van der Waals surface area contributed by atoms with Crippen LogP contribution in [0.2, 0.25) is 0 Å². The lowest BCUT2D eigenvalue weighted by Crippen LogP contribution is -2.44. The van der Waals surface area contributed by atoms with Gasteiger partial charge in [-0.25, -0.2) is 4.79 Å². The van der Waals surface area contributed by atoms with E-state index in [0.29, 0.717) is 6.42 Å². The van der Waals surface area contributed by atoms with Gasteiger partial charge in [-0.3, -0.25) is 4.79 Å². The van der Waals surface area contributed by atoms with Crippen molar-refractivity contribution in [2.24, 2.45) is 11.8 Å². The minimum Gasteiger partial charge on any atom is -0.455 e. The zero-order chi connectivity index (χ0) is 19.2. The van der Waals surface area contributed by atoms with Crippen molar-refractivity contribution in [3.8, 4) is 0 Å². The minimum absolute atomic E-state index is 0.207. The van der Waals surface area contributed by atoms with Crippen molar-refractivity contribution >= 4 is 11.9 Å². The molecule has 0 spiro atoms. The maximum absolute atomic E-state index is 12.3. The normalized spacial score (nSPS) is 42.7. The van der Waals surface area contributed by atoms with Gasteiger partial charge in [-0.15, -0.1) is 0 Å². The van der Waals surface area contributed by atoms with Gasteiger partial charge in [0.25, 0.3) is 0 Å². The molecule has 0 aromatic rings. The van der Waals surface area contributed by atoms with Crippen molar-refractivity contribution < 1.29 is 28.9 Å². The van der Waals surface area contributed by atoms with Crippen LogP contribution in [0.5, 0.6) is 0 Å². The van der Waals surface area contributed by atoms with E-state index in [4.69, 9.17) is 14.2 Å². The number of esters is 2. The van der Waals surface area contributed by atoms with Gasteiger partial charge in [-0.05, 0) is 38.7 Å². The van der Waals surface area contributed by atoms with Crippen LogP contribution in [0.15, 0.2) is 23.8 Å². The molecule has 0 aromatic heterocycles. The van der Waals surface area contributed by atoms with Crippen LogP contribution in [0.1, 0.15) is 47.0 Å². The van der Waals surface area contributed by atoms with E-state index in [2.05, 4.69) is 6.58 Å². The van der Waals surface area contributed by atoms with Crippen LogP contribution in [0, 0.1) is 11.8 Å². The number of hydrogen-bond donors (Lipinski definition) is 1. The van der Waals surface area contributed by atoms with Crippen molar-refractivity contribution in [3.63, 3.8) is 0 Å². The zero-order valence-corrected chi connectivity index (χ0v) is 15.9. The number of carbonyl (C=O) groups excluding carboxylic acids is 2. The van der Waals surface area contributed by atoms with Gasteiger partial charge in [0.2, 0.25) is 0 Å². The Balaban J connectivity index is 1.93. The third-order valence-corrected chi connectivity index (χ3v) is 5.99. The van der Waals surface area contributed by atoms with Gasteiger partial charge in [0.1, 0.15) is 24.4 Å². The Morgan fingerprint density at radius 2 is 2.23 bits per heavy atom. The Bertz CT molecular complexity index is 653. The summed E-state index contributed by atoms with van der Waals surface area (Å²) in [6.07, 6.45) is 1.29. The molecule has 0 amide bonds. The lowest BCUT2D eigenvalue weighted by Gasteiger charge is -2.31. The molecule has 0 aromatic carbocycles. The molecule has 6 heteroatoms. The zero-order valence-electron chi connectivity index (χ0n) is 15.9. The van der Waals surface area contributed by atoms with Gasteiger partial charge in [0, 0.05) is 5.57 Å². The molecule has 0 bridgehead atoms. The van der Waals surface area contributed by atoms with Crippen molar-refractivity contribution in [2.75, 3.05) is 0 Å². The molecule has 1 N–H and O–H groups in total. The van der Waals surface area contributed by atoms with Gasteiger partial charge >= 0.3 is 11.9 Å². The van der Waals surface area contributed by atoms with Crippen LogP contribution < -0.4 is 0 Å². The highest BCUT2D eigenvalue weighted by Crippen LogP contribution is 2.50. The number of epoxide rings is 1. The second kappa shape index (κ2) is 6.82. The average molecular weight is 364 g/mol. The van der Waals surface area contributed by atoms with E-state index in [1.54, 1.807) is 6.92 Å². The predicted octanol–water partition coefficient (Wildman–Crippen LogP) is 2.30. The monoisotopic (exact) mass is 364 g/mol. The summed E-state index contributed by atoms with van der Waals surface area (Å²) in [6.45, 7) is 11.3. The highest BCUT2D eigenvalue weighted by atomic mass is 16.6. The standard InChI is InChI=1S/C20H28O6/c1-6-10(2)18(22)24-15-11(3)8-7-9-20(5)17(26-20)16-13(14(15)21)12(4)19(23)25-16/h8,10,13-17,21H,4,6-7,9H2,1-3,5H3/b11-8+/t10-,13+,14-,15-,16-,17-,20+/m1/s1. The Kier molecular flexibility index (Phi) is 5.01. The van der Waals surface area contributed by atoms with Crippen LogP contribution >= 0.6 is 0 Å². The highest BCUT2D eigenvalue weighted by Gasteiger charge is 2.63. The fourth-order valence-corrected chi connectivity index (χ4v) is 3.86. The molecule has 0 saturated carbocycles. The molecule has 2 fully saturated rings. The van der Waals surface area contributed by atoms with E-state index in [0.717, 1.165) is 18.4 Å². The highest BCUT2D eigenvalue weighted by molar-refractivity contribution is 5.91. The Morgan fingerprint density at radius 3 is 2.88 bits per heavy atom. The first-order chi connectivity index (χ1) is 12.2. The average Bonchev–Trinajstić information content (AvgIpc) is 3.18. The van der Waals surface area contributed by atoms with Crippen molar-refractivity contribution in [1.82, 2.24) is 0 Å². The lowest BCUT2D eigenvalue weighted by atomic mass is 9.81. The quantitative estimate of drug-likeness (QED) is 0.358. The number of rotatable bonds is 3. The van der Waals surface area contributed by atoms with Crippen LogP contribution in [0.4, 0.5) is 0 Å². The summed E-state index contributed by atoms with van der Waals surface area (Å²) < 4.78 is 17.0. The summed E-state index contributed by atoms with van der Waals surface area (Å²) in [6, 6.07) is 0. The second-order valence-corrected chi connectivity index (χ2v) is 7.92. The number of fused-ring (bicyclic) bond motifs is 3. The Labute approximate surface area is 154 Å². The largest absolute Gasteiger partial charge is 0.455 e. The van der Waals surface area contributed by atoms with Crippen molar-refractivity contribution in [2.45, 2.75) is 77.0 Å². The summed E-state index contributed by atoms with van der Waals surface area (Å²) in [4.78, 5) is 24.4. The van der Waals surface area contributed by atoms with E-state index in [-0.39, 0.29) is 29.2 Å². The molecule has 2 saturated heterocycles. The third-order valence-electron chi connectivity index (χ3n) is 5.99. The maximum Gasteiger partial charge on any atom is 0.334 e. The SMILES string of the molecule is C=C1C(=O)O[C@@H]2[C@@H]1[C@@H](O)[C@H](OC(=O)[C@H](C)CC)/C(C)=C/CC[C@]1(C)O[C@H]21. The lowest BCUT2D eigenvalue weighted by molar-refractivity contribution is -0.159. The van der Waals surface area contributed by atoms with E-state index in [1.807, 2.05) is 26.8 Å². The molecule has 26 heavy (non-hydrogen) atoms. The first-order valence-electron chi connectivity index (χ1n) is 9.32. The van der Waals surface area contributed by atoms with Crippen LogP contribution in [0.25, 0.3) is 0 Å². The summed E-state index contributed by atoms with van der Waals surface area (Å²) in [5.41, 5.74) is 0.603. The first kappa shape index (κ1) is 19.1. The smallest absolute Gasteiger partial charge is 0.334 e. The molecule has 0 radical (unpaired) electrons. The molecule has 0 unspecified atom stereocenters. The van der Waals surface area contributed by atoms with E-state index < -0.39 is 30.2 Å². The number of allylic oxidation sites excluding steroid dienone is 1. The van der Waals surface area contributed by atoms with E-state index >= 15 is 0 Å². The summed E-state index contributed by atoms with van der Waals surface area (Å²) in [5, 5.41) is 11.1. The number of carbonyl (C=O) groups is 2. The van der Waals surface area contributed by atoms with E-state index in [1.165, 1.54) is 0 Å². The molecule has 1 aliphatic carbocycles. The fourth-order valence-electron chi connectivity index (χ4n) is 3.86. The van der Waals surface area contributed by atoms with Crippen LogP contribution in [-0.4, -0.2) is 47.1 Å². The summed E-state index contributed by atoms with van der Waals surface area (Å²) >= 11 is 0. The summed E-state index contributed by atoms with van der Waals surface area (Å²) in [7, 11) is 0. The third kappa shape index (κ3) is 3.21. The second-order valence-electron chi connectivity index (χ2n) is 7.92. The molecule has 3 rings (SSSR count). The molecule has 7 atom stereocenters. The molecule has 6 nitrogen and oxygen atoms in total. The van der Waals surface area contributed by atoms with E-state index in [9.17, 15) is 14.7 Å². The van der Waals surface area contributed by atoms with Gasteiger partial charge < -0.3 is 19.3 Å². The maximum atomic E-state index is 12.3. The first-order valence-corrected chi connectivity index (χ1v) is 9.32. The molecule has 2 heterocycles.